The maximum Gasteiger partial charge on any atom is 0.258 e. The van der Waals surface area contributed by atoms with Crippen molar-refractivity contribution in [3.05, 3.63) is 72.0 Å². The number of carbonyl (C=O) groups excluding carboxylic acids is 2. The largest absolute Gasteiger partial charge is 0.380 e. The lowest BCUT2D eigenvalue weighted by atomic mass is 10.1. The highest BCUT2D eigenvalue weighted by Gasteiger charge is 2.37. The monoisotopic (exact) mass is 465 g/mol. The lowest BCUT2D eigenvalue weighted by Gasteiger charge is -2.26. The van der Waals surface area contributed by atoms with E-state index < -0.39 is 30.1 Å². The minimum atomic E-state index is -1.92. The molecule has 34 heavy (non-hydrogen) atoms. The van der Waals surface area contributed by atoms with E-state index in [0.29, 0.717) is 30.8 Å². The molecule has 3 atom stereocenters. The second kappa shape index (κ2) is 9.89. The first kappa shape index (κ1) is 23.2. The molecule has 3 heterocycles. The summed E-state index contributed by atoms with van der Waals surface area (Å²) in [6.45, 7) is 2.10. The number of nitrogens with one attached hydrogen (secondary N) is 2. The predicted octanol–water partition coefficient (Wildman–Crippen LogP) is 0.0369. The molecule has 2 aromatic rings. The van der Waals surface area contributed by atoms with Crippen molar-refractivity contribution < 1.29 is 19.8 Å². The molecule has 0 saturated carbocycles. The summed E-state index contributed by atoms with van der Waals surface area (Å²) in [6, 6.07) is 8.73. The van der Waals surface area contributed by atoms with E-state index in [2.05, 4.69) is 20.7 Å². The lowest BCUT2D eigenvalue weighted by molar-refractivity contribution is -0.151. The van der Waals surface area contributed by atoms with Gasteiger partial charge in [-0.25, -0.2) is 9.67 Å². The standard InChI is InChI=1S/C23H27N7O4/c1-14(15-5-7-16(8-6-15)30-13-3-10-26-30)27-21(33)19(31)20(32)22(34)29-12-2-4-18(29)17-9-11-25-23(24)28-17/h3,5-11,13-14,19-20,31-32H,2,4,12H2,1H3,(H,27,33)(H3,24,25,28)/b18-17-/t14-,19-,20-/m1/s1. The molecule has 0 aliphatic carbocycles. The van der Waals surface area contributed by atoms with Gasteiger partial charge in [-0.15, -0.1) is 0 Å². The normalized spacial score (nSPS) is 20.3. The number of allylic oxidation sites excluding steroid dienone is 2. The van der Waals surface area contributed by atoms with Gasteiger partial charge in [-0.3, -0.25) is 9.59 Å². The number of amides is 2. The van der Waals surface area contributed by atoms with E-state index in [-0.39, 0.29) is 5.96 Å². The Kier molecular flexibility index (Phi) is 6.75. The van der Waals surface area contributed by atoms with Crippen LogP contribution in [0.25, 0.3) is 5.69 Å². The summed E-state index contributed by atoms with van der Waals surface area (Å²) in [5.74, 6) is -1.41. The van der Waals surface area contributed by atoms with Crippen molar-refractivity contribution >= 4 is 17.8 Å². The van der Waals surface area contributed by atoms with Crippen LogP contribution in [0.3, 0.4) is 0 Å². The molecular weight excluding hydrogens is 438 g/mol. The highest BCUT2D eigenvalue weighted by Crippen LogP contribution is 2.26. The molecular formula is C23H27N7O4. The highest BCUT2D eigenvalue weighted by molar-refractivity contribution is 5.92. The van der Waals surface area contributed by atoms with E-state index >= 15 is 0 Å². The zero-order chi connectivity index (χ0) is 24.2. The van der Waals surface area contributed by atoms with E-state index in [0.717, 1.165) is 11.3 Å². The summed E-state index contributed by atoms with van der Waals surface area (Å²) in [5.41, 5.74) is 8.56. The van der Waals surface area contributed by atoms with Gasteiger partial charge in [0.1, 0.15) is 0 Å². The minimum absolute atomic E-state index is 0.191. The average Bonchev–Trinajstić information content (AvgIpc) is 3.55. The van der Waals surface area contributed by atoms with E-state index in [1.807, 2.05) is 36.5 Å². The van der Waals surface area contributed by atoms with Gasteiger partial charge >= 0.3 is 0 Å². The van der Waals surface area contributed by atoms with Crippen molar-refractivity contribution in [2.45, 2.75) is 38.0 Å². The van der Waals surface area contributed by atoms with Crippen molar-refractivity contribution in [1.29, 1.82) is 0 Å². The Morgan fingerprint density at radius 3 is 2.65 bits per heavy atom. The van der Waals surface area contributed by atoms with Gasteiger partial charge in [-0.05, 0) is 49.6 Å². The van der Waals surface area contributed by atoms with Gasteiger partial charge in [0.05, 0.1) is 17.4 Å². The number of aliphatic hydroxyl groups is 2. The average molecular weight is 466 g/mol. The number of aromatic nitrogens is 2. The Bertz CT molecular complexity index is 1140. The van der Waals surface area contributed by atoms with Crippen molar-refractivity contribution in [3.63, 3.8) is 0 Å². The van der Waals surface area contributed by atoms with Crippen molar-refractivity contribution in [2.75, 3.05) is 6.54 Å². The van der Waals surface area contributed by atoms with Crippen LogP contribution in [-0.4, -0.2) is 61.4 Å². The summed E-state index contributed by atoms with van der Waals surface area (Å²) in [7, 11) is 0. The van der Waals surface area contributed by atoms with Gasteiger partial charge in [0, 0.05) is 30.8 Å². The first-order chi connectivity index (χ1) is 16.3. The maximum absolute atomic E-state index is 12.9. The van der Waals surface area contributed by atoms with Gasteiger partial charge in [0.15, 0.2) is 18.2 Å². The Hall–Kier alpha value is -3.96. The number of nitrogens with two attached hydrogens (primary N) is 1. The zero-order valence-corrected chi connectivity index (χ0v) is 18.6. The van der Waals surface area contributed by atoms with E-state index in [1.54, 1.807) is 23.9 Å². The molecule has 4 rings (SSSR count). The van der Waals surface area contributed by atoms with Gasteiger partial charge in [-0.2, -0.15) is 5.10 Å². The quantitative estimate of drug-likeness (QED) is 0.403. The molecule has 0 radical (unpaired) electrons. The molecule has 2 amide bonds. The van der Waals surface area contributed by atoms with Crippen LogP contribution in [0.5, 0.6) is 0 Å². The molecule has 1 saturated heterocycles. The molecule has 11 nitrogen and oxygen atoms in total. The molecule has 2 aliphatic heterocycles. The number of aliphatic hydroxyl groups excluding tert-OH is 2. The number of guanidine groups is 1. The number of hydrogen-bond donors (Lipinski definition) is 5. The van der Waals surface area contributed by atoms with Crippen LogP contribution in [0.2, 0.25) is 0 Å². The summed E-state index contributed by atoms with van der Waals surface area (Å²) in [5, 5.41) is 30.6. The second-order valence-corrected chi connectivity index (χ2v) is 8.07. The first-order valence-corrected chi connectivity index (χ1v) is 10.9. The lowest BCUT2D eigenvalue weighted by Crippen LogP contribution is -2.50. The van der Waals surface area contributed by atoms with Crippen LogP contribution in [0.1, 0.15) is 31.4 Å². The van der Waals surface area contributed by atoms with Crippen LogP contribution in [0.15, 0.2) is 71.4 Å². The number of carbonyl (C=O) groups is 2. The third kappa shape index (κ3) is 4.85. The highest BCUT2D eigenvalue weighted by atomic mass is 16.3. The van der Waals surface area contributed by atoms with Crippen LogP contribution in [0.4, 0.5) is 0 Å². The fourth-order valence-electron chi connectivity index (χ4n) is 3.93. The fourth-order valence-corrected chi connectivity index (χ4v) is 3.93. The summed E-state index contributed by atoms with van der Waals surface area (Å²) >= 11 is 0. The van der Waals surface area contributed by atoms with Gasteiger partial charge < -0.3 is 31.5 Å². The van der Waals surface area contributed by atoms with E-state index in [4.69, 9.17) is 5.73 Å². The van der Waals surface area contributed by atoms with E-state index in [9.17, 15) is 19.8 Å². The van der Waals surface area contributed by atoms with Gasteiger partial charge in [0.2, 0.25) is 0 Å². The number of likely N-dealkylation sites (tertiary alicyclic amines) is 1. The molecule has 0 bridgehead atoms. The molecule has 1 aromatic heterocycles. The van der Waals surface area contributed by atoms with Crippen molar-refractivity contribution in [1.82, 2.24) is 25.3 Å². The predicted molar refractivity (Wildman–Crippen MR) is 124 cm³/mol. The SMILES string of the molecule is C[C@@H](NC(=O)[C@H](O)[C@@H](O)C(=O)N1CCC/C1=C1\C=CN=C(N)N1)c1ccc(-n2cccn2)cc1. The summed E-state index contributed by atoms with van der Waals surface area (Å²) in [4.78, 5) is 30.8. The smallest absolute Gasteiger partial charge is 0.258 e. The molecule has 178 valence electrons. The van der Waals surface area contributed by atoms with Crippen molar-refractivity contribution in [2.24, 2.45) is 10.7 Å². The molecule has 1 aromatic carbocycles. The number of aliphatic imine (C=N–C) groups is 1. The third-order valence-corrected chi connectivity index (χ3v) is 5.76. The Labute approximate surface area is 196 Å². The summed E-state index contributed by atoms with van der Waals surface area (Å²) in [6.07, 6.45) is 4.10. The van der Waals surface area contributed by atoms with Crippen LogP contribution in [0, 0.1) is 0 Å². The maximum atomic E-state index is 12.9. The molecule has 1 fully saturated rings. The second-order valence-electron chi connectivity index (χ2n) is 8.07. The van der Waals surface area contributed by atoms with Gasteiger partial charge in [0.25, 0.3) is 11.8 Å². The Morgan fingerprint density at radius 2 is 1.97 bits per heavy atom. The van der Waals surface area contributed by atoms with E-state index in [1.165, 1.54) is 11.1 Å². The minimum Gasteiger partial charge on any atom is -0.380 e. The molecule has 0 spiro atoms. The number of hydrogen-bond acceptors (Lipinski definition) is 8. The van der Waals surface area contributed by atoms with Gasteiger partial charge in [-0.1, -0.05) is 12.1 Å². The molecule has 6 N–H and O–H groups in total. The summed E-state index contributed by atoms with van der Waals surface area (Å²) < 4.78 is 1.71. The first-order valence-electron chi connectivity index (χ1n) is 10.9. The molecule has 2 aliphatic rings. The Balaban J connectivity index is 1.39. The van der Waals surface area contributed by atoms with Crippen molar-refractivity contribution in [3.8, 4) is 5.69 Å². The van der Waals surface area contributed by atoms with Crippen LogP contribution >= 0.6 is 0 Å². The van der Waals surface area contributed by atoms with Crippen LogP contribution < -0.4 is 16.4 Å². The number of nitrogens with zero attached hydrogens (tertiary/aromatic N) is 4. The topological polar surface area (TPSA) is 158 Å². The third-order valence-electron chi connectivity index (χ3n) is 5.76. The number of benzene rings is 1. The fraction of sp³-hybridized carbons (Fsp3) is 0.304. The Morgan fingerprint density at radius 1 is 1.21 bits per heavy atom. The zero-order valence-electron chi connectivity index (χ0n) is 18.6. The van der Waals surface area contributed by atoms with Crippen LogP contribution in [-0.2, 0) is 9.59 Å². The molecule has 11 heteroatoms. The molecule has 0 unspecified atom stereocenters. The number of rotatable bonds is 6.